The maximum Gasteiger partial charge on any atom is 0.277 e. The van der Waals surface area contributed by atoms with Crippen LogP contribution in [0.15, 0.2) is 24.4 Å². The fourth-order valence-corrected chi connectivity index (χ4v) is 2.07. The van der Waals surface area contributed by atoms with Gasteiger partial charge in [0.05, 0.1) is 5.69 Å². The van der Waals surface area contributed by atoms with E-state index in [1.165, 1.54) is 0 Å². The number of fused-ring (bicyclic) bond motifs is 1. The highest BCUT2D eigenvalue weighted by Gasteiger charge is 2.19. The zero-order valence-corrected chi connectivity index (χ0v) is 10.9. The second-order valence-electron chi connectivity index (χ2n) is 4.28. The Hall–Kier alpha value is -2.77. The maximum atomic E-state index is 12.4. The Morgan fingerprint density at radius 2 is 2.35 bits per heavy atom. The first kappa shape index (κ1) is 12.3. The van der Waals surface area contributed by atoms with Crippen LogP contribution in [0.1, 0.15) is 29.5 Å². The minimum atomic E-state index is -0.298. The number of aromatic nitrogens is 6. The van der Waals surface area contributed by atoms with E-state index < -0.39 is 0 Å². The summed E-state index contributed by atoms with van der Waals surface area (Å²) in [4.78, 5) is 16.9. The van der Waals surface area contributed by atoms with E-state index >= 15 is 0 Å². The number of nitrogens with one attached hydrogen (secondary N) is 2. The predicted octanol–water partition coefficient (Wildman–Crippen LogP) is 1.05. The zero-order valence-electron chi connectivity index (χ0n) is 10.9. The summed E-state index contributed by atoms with van der Waals surface area (Å²) in [7, 11) is 0. The molecule has 0 aliphatic carbocycles. The second-order valence-corrected chi connectivity index (χ2v) is 4.28. The van der Waals surface area contributed by atoms with Gasteiger partial charge in [-0.3, -0.25) is 14.5 Å². The molecule has 20 heavy (non-hydrogen) atoms. The van der Waals surface area contributed by atoms with Crippen LogP contribution in [-0.4, -0.2) is 35.9 Å². The summed E-state index contributed by atoms with van der Waals surface area (Å²) in [6.07, 6.45) is 3.45. The minimum absolute atomic E-state index is 0.142. The third-order valence-electron chi connectivity index (χ3n) is 2.87. The molecule has 3 rings (SSSR count). The average molecular weight is 271 g/mol. The number of carbonyl (C=O) groups is 1. The molecule has 8 nitrogen and oxygen atoms in total. The van der Waals surface area contributed by atoms with Crippen LogP contribution in [0.4, 0.5) is 5.95 Å². The third-order valence-corrected chi connectivity index (χ3v) is 2.87. The van der Waals surface area contributed by atoms with Crippen molar-refractivity contribution >= 4 is 17.5 Å². The molecule has 0 saturated carbocycles. The van der Waals surface area contributed by atoms with Crippen molar-refractivity contribution in [2.45, 2.75) is 19.8 Å². The molecule has 0 radical (unpaired) electrons. The van der Waals surface area contributed by atoms with Crippen LogP contribution in [0.3, 0.4) is 0 Å². The van der Waals surface area contributed by atoms with Gasteiger partial charge in [-0.25, -0.2) is 4.98 Å². The van der Waals surface area contributed by atoms with Crippen molar-refractivity contribution in [1.82, 2.24) is 30.0 Å². The van der Waals surface area contributed by atoms with Crippen molar-refractivity contribution in [3.8, 4) is 0 Å². The maximum absolute atomic E-state index is 12.4. The molecular formula is C12H13N7O. The summed E-state index contributed by atoms with van der Waals surface area (Å²) in [6.45, 7) is 2.05. The molecule has 1 amide bonds. The normalized spacial score (nSPS) is 10.8. The number of pyridine rings is 1. The lowest BCUT2D eigenvalue weighted by atomic mass is 10.2. The van der Waals surface area contributed by atoms with Gasteiger partial charge in [0.1, 0.15) is 11.3 Å². The number of hydrogen-bond acceptors (Lipinski definition) is 5. The number of hydrogen-bond donors (Lipinski definition) is 2. The first-order chi connectivity index (χ1) is 9.79. The molecule has 8 heteroatoms. The van der Waals surface area contributed by atoms with Gasteiger partial charge in [-0.05, 0) is 23.8 Å². The standard InChI is InChI=1S/C12H13N7O/c1-2-5-8-10(11(20)14-12-15-17-18-16-12)19-7-4-3-6-9(19)13-8/h3-4,6-7H,2,5H2,1H3,(H2,14,15,16,17,18,20). The van der Waals surface area contributed by atoms with Crippen LogP contribution in [0, 0.1) is 0 Å². The number of aryl methyl sites for hydroxylation is 1. The van der Waals surface area contributed by atoms with Crippen molar-refractivity contribution < 1.29 is 4.79 Å². The van der Waals surface area contributed by atoms with E-state index in [0.29, 0.717) is 5.69 Å². The Bertz CT molecular complexity index is 731. The first-order valence-electron chi connectivity index (χ1n) is 6.30. The van der Waals surface area contributed by atoms with Crippen molar-refractivity contribution in [2.24, 2.45) is 0 Å². The molecule has 0 spiro atoms. The van der Waals surface area contributed by atoms with E-state index in [1.807, 2.05) is 31.3 Å². The number of carbonyl (C=O) groups excluding carboxylic acids is 1. The molecule has 3 heterocycles. The number of aromatic amines is 1. The summed E-state index contributed by atoms with van der Waals surface area (Å²) < 4.78 is 1.76. The van der Waals surface area contributed by atoms with Crippen molar-refractivity contribution in [2.75, 3.05) is 5.32 Å². The molecular weight excluding hydrogens is 258 g/mol. The number of imidazole rings is 1. The van der Waals surface area contributed by atoms with Crippen LogP contribution in [-0.2, 0) is 6.42 Å². The van der Waals surface area contributed by atoms with E-state index in [-0.39, 0.29) is 11.9 Å². The van der Waals surface area contributed by atoms with E-state index in [1.54, 1.807) is 4.40 Å². The molecule has 0 saturated heterocycles. The Morgan fingerprint density at radius 1 is 1.45 bits per heavy atom. The largest absolute Gasteiger partial charge is 0.295 e. The van der Waals surface area contributed by atoms with Crippen molar-refractivity contribution in [3.63, 3.8) is 0 Å². The molecule has 0 aromatic carbocycles. The van der Waals surface area contributed by atoms with Crippen LogP contribution in [0.5, 0.6) is 0 Å². The van der Waals surface area contributed by atoms with Gasteiger partial charge >= 0.3 is 0 Å². The molecule has 102 valence electrons. The summed E-state index contributed by atoms with van der Waals surface area (Å²) in [6, 6.07) is 5.61. The number of anilines is 1. The third kappa shape index (κ3) is 2.11. The van der Waals surface area contributed by atoms with Gasteiger partial charge < -0.3 is 0 Å². The number of tetrazole rings is 1. The summed E-state index contributed by atoms with van der Waals surface area (Å²) in [5.74, 6) is -0.156. The van der Waals surface area contributed by atoms with E-state index in [0.717, 1.165) is 24.2 Å². The number of amides is 1. The molecule has 0 atom stereocenters. The summed E-state index contributed by atoms with van der Waals surface area (Å²) in [5.41, 5.74) is 2.01. The van der Waals surface area contributed by atoms with Gasteiger partial charge in [0.2, 0.25) is 0 Å². The molecule has 2 N–H and O–H groups in total. The number of H-pyrrole nitrogens is 1. The van der Waals surface area contributed by atoms with E-state index in [2.05, 4.69) is 30.9 Å². The molecule has 0 unspecified atom stereocenters. The fourth-order valence-electron chi connectivity index (χ4n) is 2.07. The van der Waals surface area contributed by atoms with Crippen LogP contribution in [0.25, 0.3) is 5.65 Å². The van der Waals surface area contributed by atoms with Gasteiger partial charge in [-0.2, -0.15) is 5.21 Å². The quantitative estimate of drug-likeness (QED) is 0.738. The Labute approximate surface area is 114 Å². The monoisotopic (exact) mass is 271 g/mol. The van der Waals surface area contributed by atoms with Crippen LogP contribution in [0.2, 0.25) is 0 Å². The molecule has 0 fully saturated rings. The molecule has 0 aliphatic heterocycles. The highest BCUT2D eigenvalue weighted by atomic mass is 16.2. The summed E-state index contributed by atoms with van der Waals surface area (Å²) >= 11 is 0. The highest BCUT2D eigenvalue weighted by molar-refractivity contribution is 6.03. The van der Waals surface area contributed by atoms with Crippen LogP contribution < -0.4 is 5.32 Å². The Kier molecular flexibility index (Phi) is 3.12. The first-order valence-corrected chi connectivity index (χ1v) is 6.30. The Morgan fingerprint density at radius 3 is 3.10 bits per heavy atom. The average Bonchev–Trinajstić information content (AvgIpc) is 3.05. The molecule has 0 bridgehead atoms. The topological polar surface area (TPSA) is 101 Å². The predicted molar refractivity (Wildman–Crippen MR) is 71.3 cm³/mol. The second kappa shape index (κ2) is 5.08. The SMILES string of the molecule is CCCc1nc2ccccn2c1C(=O)Nc1nn[nH]n1. The van der Waals surface area contributed by atoms with Gasteiger partial charge in [0.25, 0.3) is 11.9 Å². The van der Waals surface area contributed by atoms with Gasteiger partial charge in [-0.15, -0.1) is 5.10 Å². The lowest BCUT2D eigenvalue weighted by molar-refractivity contribution is 0.101. The Balaban J connectivity index is 2.03. The smallest absolute Gasteiger partial charge is 0.277 e. The van der Waals surface area contributed by atoms with Gasteiger partial charge in [-0.1, -0.05) is 24.5 Å². The van der Waals surface area contributed by atoms with Gasteiger partial charge in [0, 0.05) is 6.20 Å². The molecule has 3 aromatic rings. The van der Waals surface area contributed by atoms with E-state index in [4.69, 9.17) is 0 Å². The minimum Gasteiger partial charge on any atom is -0.295 e. The van der Waals surface area contributed by atoms with E-state index in [9.17, 15) is 4.79 Å². The lowest BCUT2D eigenvalue weighted by Crippen LogP contribution is -2.17. The highest BCUT2D eigenvalue weighted by Crippen LogP contribution is 2.15. The number of rotatable bonds is 4. The fraction of sp³-hybridized carbons (Fsp3) is 0.250. The zero-order chi connectivity index (χ0) is 13.9. The molecule has 3 aromatic heterocycles. The van der Waals surface area contributed by atoms with Crippen molar-refractivity contribution in [1.29, 1.82) is 0 Å². The summed E-state index contributed by atoms with van der Waals surface area (Å²) in [5, 5.41) is 15.7. The van der Waals surface area contributed by atoms with Crippen molar-refractivity contribution in [3.05, 3.63) is 35.8 Å². The lowest BCUT2D eigenvalue weighted by Gasteiger charge is -2.03. The number of nitrogens with zero attached hydrogens (tertiary/aromatic N) is 5. The molecule has 0 aliphatic rings. The van der Waals surface area contributed by atoms with Crippen LogP contribution >= 0.6 is 0 Å². The van der Waals surface area contributed by atoms with Gasteiger partial charge in [0.15, 0.2) is 0 Å².